The van der Waals surface area contributed by atoms with Crippen LogP contribution in [0.5, 0.6) is 0 Å². The first-order chi connectivity index (χ1) is 12.1. The van der Waals surface area contributed by atoms with Crippen molar-refractivity contribution < 1.29 is 9.72 Å². The number of nitro groups is 1. The number of aromatic nitrogens is 2. The maximum atomic E-state index is 12.1. The number of para-hydroxylation sites is 2. The Balaban J connectivity index is 1.58. The van der Waals surface area contributed by atoms with Gasteiger partial charge in [-0.1, -0.05) is 18.2 Å². The molecule has 7 nitrogen and oxygen atoms in total. The lowest BCUT2D eigenvalue weighted by atomic mass is 10.2. The third kappa shape index (κ3) is 3.65. The van der Waals surface area contributed by atoms with Gasteiger partial charge in [0.1, 0.15) is 5.82 Å². The summed E-state index contributed by atoms with van der Waals surface area (Å²) in [6.07, 6.45) is 0.738. The number of hydrogen-bond acceptors (Lipinski definition) is 4. The van der Waals surface area contributed by atoms with E-state index in [1.807, 2.05) is 31.2 Å². The maximum Gasteiger partial charge on any atom is 0.270 e. The standard InChI is InChI=1S/C18H18N4O3/c1-13-20-16-8-2-3-9-17(16)21(13)11-5-10-19-18(23)14-6-4-7-15(12-14)22(24)25/h2-4,6-9,12H,5,10-11H2,1H3,(H,19,23). The lowest BCUT2D eigenvalue weighted by Gasteiger charge is -2.08. The monoisotopic (exact) mass is 338 g/mol. The molecule has 0 bridgehead atoms. The fourth-order valence-corrected chi connectivity index (χ4v) is 2.78. The molecule has 0 unspecified atom stereocenters. The molecular formula is C18H18N4O3. The Kier molecular flexibility index (Phi) is 4.74. The second kappa shape index (κ2) is 7.12. The molecule has 1 amide bonds. The van der Waals surface area contributed by atoms with Gasteiger partial charge in [-0.05, 0) is 31.5 Å². The quantitative estimate of drug-likeness (QED) is 0.425. The number of aryl methyl sites for hydroxylation is 2. The van der Waals surface area contributed by atoms with Crippen molar-refractivity contribution >= 4 is 22.6 Å². The van der Waals surface area contributed by atoms with E-state index in [9.17, 15) is 14.9 Å². The topological polar surface area (TPSA) is 90.1 Å². The van der Waals surface area contributed by atoms with E-state index in [1.54, 1.807) is 6.07 Å². The molecule has 0 aliphatic heterocycles. The van der Waals surface area contributed by atoms with Crippen molar-refractivity contribution in [2.75, 3.05) is 6.54 Å². The number of fused-ring (bicyclic) bond motifs is 1. The van der Waals surface area contributed by atoms with E-state index in [1.165, 1.54) is 18.2 Å². The van der Waals surface area contributed by atoms with Crippen molar-refractivity contribution in [3.8, 4) is 0 Å². The Morgan fingerprint density at radius 3 is 2.84 bits per heavy atom. The van der Waals surface area contributed by atoms with Crippen LogP contribution in [0.15, 0.2) is 48.5 Å². The van der Waals surface area contributed by atoms with Gasteiger partial charge in [-0.2, -0.15) is 0 Å². The number of rotatable bonds is 6. The molecule has 0 spiro atoms. The van der Waals surface area contributed by atoms with Gasteiger partial charge < -0.3 is 9.88 Å². The number of hydrogen-bond donors (Lipinski definition) is 1. The lowest BCUT2D eigenvalue weighted by Crippen LogP contribution is -2.25. The van der Waals surface area contributed by atoms with Crippen LogP contribution in [-0.2, 0) is 6.54 Å². The summed E-state index contributed by atoms with van der Waals surface area (Å²) in [5.41, 5.74) is 2.23. The average Bonchev–Trinajstić information content (AvgIpc) is 2.94. The van der Waals surface area contributed by atoms with Crippen molar-refractivity contribution in [3.05, 3.63) is 70.0 Å². The average molecular weight is 338 g/mol. The van der Waals surface area contributed by atoms with Gasteiger partial charge in [0.15, 0.2) is 0 Å². The summed E-state index contributed by atoms with van der Waals surface area (Å²) < 4.78 is 2.12. The SMILES string of the molecule is Cc1nc2ccccc2n1CCCNC(=O)c1cccc([N+](=O)[O-])c1. The van der Waals surface area contributed by atoms with E-state index < -0.39 is 4.92 Å². The highest BCUT2D eigenvalue weighted by molar-refractivity contribution is 5.94. The number of nitrogens with zero attached hydrogens (tertiary/aromatic N) is 3. The number of amides is 1. The first-order valence-electron chi connectivity index (χ1n) is 8.01. The number of carbonyl (C=O) groups excluding carboxylic acids is 1. The maximum absolute atomic E-state index is 12.1. The van der Waals surface area contributed by atoms with Crippen molar-refractivity contribution in [1.82, 2.24) is 14.9 Å². The second-order valence-electron chi connectivity index (χ2n) is 5.72. The Labute approximate surface area is 144 Å². The molecule has 1 N–H and O–H groups in total. The summed E-state index contributed by atoms with van der Waals surface area (Å²) in [5, 5.41) is 13.6. The molecule has 0 aliphatic rings. The minimum absolute atomic E-state index is 0.0897. The van der Waals surface area contributed by atoms with Gasteiger partial charge in [-0.15, -0.1) is 0 Å². The van der Waals surface area contributed by atoms with Gasteiger partial charge in [-0.3, -0.25) is 14.9 Å². The molecule has 0 radical (unpaired) electrons. The molecule has 1 aromatic heterocycles. The fraction of sp³-hybridized carbons (Fsp3) is 0.222. The van der Waals surface area contributed by atoms with E-state index >= 15 is 0 Å². The summed E-state index contributed by atoms with van der Waals surface area (Å²) in [4.78, 5) is 26.9. The molecule has 3 rings (SSSR count). The fourth-order valence-electron chi connectivity index (χ4n) is 2.78. The van der Waals surface area contributed by atoms with Crippen LogP contribution in [0.1, 0.15) is 22.6 Å². The predicted molar refractivity (Wildman–Crippen MR) is 94.5 cm³/mol. The third-order valence-electron chi connectivity index (χ3n) is 4.01. The molecule has 3 aromatic rings. The summed E-state index contributed by atoms with van der Waals surface area (Å²) in [5.74, 6) is 0.627. The van der Waals surface area contributed by atoms with Crippen molar-refractivity contribution in [3.63, 3.8) is 0 Å². The molecule has 1 heterocycles. The largest absolute Gasteiger partial charge is 0.352 e. The zero-order chi connectivity index (χ0) is 17.8. The van der Waals surface area contributed by atoms with Crippen LogP contribution < -0.4 is 5.32 Å². The van der Waals surface area contributed by atoms with Crippen molar-refractivity contribution in [2.45, 2.75) is 19.9 Å². The Hall–Kier alpha value is -3.22. The highest BCUT2D eigenvalue weighted by Crippen LogP contribution is 2.16. The minimum atomic E-state index is -0.510. The van der Waals surface area contributed by atoms with Crippen LogP contribution >= 0.6 is 0 Å². The predicted octanol–water partition coefficient (Wildman–Crippen LogP) is 3.07. The molecule has 25 heavy (non-hydrogen) atoms. The van der Waals surface area contributed by atoms with E-state index in [-0.39, 0.29) is 11.6 Å². The second-order valence-corrected chi connectivity index (χ2v) is 5.72. The zero-order valence-electron chi connectivity index (χ0n) is 13.8. The van der Waals surface area contributed by atoms with Crippen LogP contribution in [0.25, 0.3) is 11.0 Å². The molecule has 0 saturated heterocycles. The van der Waals surface area contributed by atoms with Gasteiger partial charge in [-0.25, -0.2) is 4.98 Å². The van der Waals surface area contributed by atoms with Crippen molar-refractivity contribution in [1.29, 1.82) is 0 Å². The molecule has 0 aliphatic carbocycles. The number of benzene rings is 2. The van der Waals surface area contributed by atoms with Gasteiger partial charge >= 0.3 is 0 Å². The molecule has 0 fully saturated rings. The van der Waals surface area contributed by atoms with Gasteiger partial charge in [0, 0.05) is 30.8 Å². The first kappa shape index (κ1) is 16.6. The molecule has 0 saturated carbocycles. The zero-order valence-corrected chi connectivity index (χ0v) is 13.8. The Morgan fingerprint density at radius 1 is 1.24 bits per heavy atom. The lowest BCUT2D eigenvalue weighted by molar-refractivity contribution is -0.384. The van der Waals surface area contributed by atoms with Gasteiger partial charge in [0.25, 0.3) is 11.6 Å². The highest BCUT2D eigenvalue weighted by atomic mass is 16.6. The summed E-state index contributed by atoms with van der Waals surface area (Å²) in [6.45, 7) is 3.18. The van der Waals surface area contributed by atoms with E-state index in [0.717, 1.165) is 29.8 Å². The smallest absolute Gasteiger partial charge is 0.270 e. The van der Waals surface area contributed by atoms with E-state index in [2.05, 4.69) is 14.9 Å². The number of nitrogens with one attached hydrogen (secondary N) is 1. The van der Waals surface area contributed by atoms with Crippen LogP contribution in [0.4, 0.5) is 5.69 Å². The summed E-state index contributed by atoms with van der Waals surface area (Å²) >= 11 is 0. The molecular weight excluding hydrogens is 320 g/mol. The van der Waals surface area contributed by atoms with Crippen LogP contribution in [-0.4, -0.2) is 26.9 Å². The normalized spacial score (nSPS) is 10.8. The molecule has 0 atom stereocenters. The van der Waals surface area contributed by atoms with E-state index in [0.29, 0.717) is 12.1 Å². The van der Waals surface area contributed by atoms with Gasteiger partial charge in [0.2, 0.25) is 0 Å². The number of imidazole rings is 1. The Bertz CT molecular complexity index is 933. The van der Waals surface area contributed by atoms with Crippen LogP contribution in [0.3, 0.4) is 0 Å². The van der Waals surface area contributed by atoms with E-state index in [4.69, 9.17) is 0 Å². The van der Waals surface area contributed by atoms with Gasteiger partial charge in [0.05, 0.1) is 16.0 Å². The highest BCUT2D eigenvalue weighted by Gasteiger charge is 2.11. The number of carbonyl (C=O) groups is 1. The van der Waals surface area contributed by atoms with Crippen LogP contribution in [0, 0.1) is 17.0 Å². The summed E-state index contributed by atoms with van der Waals surface area (Å²) in [7, 11) is 0. The molecule has 128 valence electrons. The summed E-state index contributed by atoms with van der Waals surface area (Å²) in [6, 6.07) is 13.7. The molecule has 7 heteroatoms. The minimum Gasteiger partial charge on any atom is -0.352 e. The Morgan fingerprint density at radius 2 is 2.04 bits per heavy atom. The molecule has 2 aromatic carbocycles. The van der Waals surface area contributed by atoms with Crippen molar-refractivity contribution in [2.24, 2.45) is 0 Å². The first-order valence-corrected chi connectivity index (χ1v) is 8.01. The van der Waals surface area contributed by atoms with Crippen LogP contribution in [0.2, 0.25) is 0 Å². The number of non-ortho nitro benzene ring substituents is 1. The third-order valence-corrected chi connectivity index (χ3v) is 4.01. The number of nitro benzene ring substituents is 1.